The van der Waals surface area contributed by atoms with Crippen molar-refractivity contribution in [3.05, 3.63) is 11.7 Å². The first-order valence-corrected chi connectivity index (χ1v) is 8.29. The Bertz CT molecular complexity index is 526. The molecule has 1 saturated heterocycles. The average molecular weight is 307 g/mol. The maximum Gasteiger partial charge on any atom is 0.229 e. The van der Waals surface area contributed by atoms with Crippen molar-refractivity contribution in [1.82, 2.24) is 15.0 Å². The Labute approximate surface area is 131 Å². The molecule has 1 amide bonds. The highest BCUT2D eigenvalue weighted by Crippen LogP contribution is 2.41. The van der Waals surface area contributed by atoms with E-state index in [1.165, 1.54) is 0 Å². The second kappa shape index (κ2) is 6.36. The molecule has 6 nitrogen and oxygen atoms in total. The highest BCUT2D eigenvalue weighted by Gasteiger charge is 2.43. The number of carbonyl (C=O) groups is 1. The molecule has 0 spiro atoms. The van der Waals surface area contributed by atoms with Crippen molar-refractivity contribution in [1.29, 1.82) is 0 Å². The molecular formula is C16H25N3O3. The van der Waals surface area contributed by atoms with Gasteiger partial charge < -0.3 is 14.2 Å². The fourth-order valence-electron chi connectivity index (χ4n) is 3.31. The van der Waals surface area contributed by atoms with E-state index in [0.29, 0.717) is 25.5 Å². The molecular weight excluding hydrogens is 282 g/mol. The predicted molar refractivity (Wildman–Crippen MR) is 80.5 cm³/mol. The highest BCUT2D eigenvalue weighted by atomic mass is 16.5. The third kappa shape index (κ3) is 3.02. The van der Waals surface area contributed by atoms with E-state index in [2.05, 4.69) is 10.1 Å². The van der Waals surface area contributed by atoms with Crippen LogP contribution in [0.3, 0.4) is 0 Å². The molecule has 122 valence electrons. The molecule has 2 aliphatic rings. The second-order valence-corrected chi connectivity index (χ2v) is 6.53. The van der Waals surface area contributed by atoms with Gasteiger partial charge in [-0.05, 0) is 32.1 Å². The van der Waals surface area contributed by atoms with Gasteiger partial charge >= 0.3 is 0 Å². The Morgan fingerprint density at radius 1 is 1.50 bits per heavy atom. The van der Waals surface area contributed by atoms with Crippen LogP contribution in [-0.4, -0.2) is 47.8 Å². The van der Waals surface area contributed by atoms with Gasteiger partial charge in [0.05, 0.1) is 5.41 Å². The van der Waals surface area contributed by atoms with E-state index < -0.39 is 0 Å². The van der Waals surface area contributed by atoms with Gasteiger partial charge in [-0.1, -0.05) is 12.1 Å². The number of aromatic nitrogens is 2. The summed E-state index contributed by atoms with van der Waals surface area (Å²) in [6.45, 7) is 4.05. The van der Waals surface area contributed by atoms with Gasteiger partial charge in [0, 0.05) is 39.1 Å². The van der Waals surface area contributed by atoms with E-state index in [1.807, 2.05) is 11.8 Å². The van der Waals surface area contributed by atoms with Crippen LogP contribution in [-0.2, 0) is 14.9 Å². The zero-order valence-electron chi connectivity index (χ0n) is 13.5. The number of hydrogen-bond donors (Lipinski definition) is 0. The van der Waals surface area contributed by atoms with Crippen molar-refractivity contribution in [3.63, 3.8) is 0 Å². The molecule has 0 radical (unpaired) electrons. The van der Waals surface area contributed by atoms with Crippen LogP contribution in [0.25, 0.3) is 0 Å². The van der Waals surface area contributed by atoms with Crippen molar-refractivity contribution < 1.29 is 14.1 Å². The van der Waals surface area contributed by atoms with Crippen LogP contribution in [0.5, 0.6) is 0 Å². The van der Waals surface area contributed by atoms with Gasteiger partial charge in [0.2, 0.25) is 11.8 Å². The molecule has 1 unspecified atom stereocenters. The number of likely N-dealkylation sites (tertiary alicyclic amines) is 1. The number of ether oxygens (including phenoxy) is 1. The van der Waals surface area contributed by atoms with E-state index in [-0.39, 0.29) is 11.3 Å². The van der Waals surface area contributed by atoms with Crippen molar-refractivity contribution in [2.24, 2.45) is 0 Å². The number of amides is 1. The van der Waals surface area contributed by atoms with Crippen LogP contribution in [0.1, 0.15) is 63.1 Å². The summed E-state index contributed by atoms with van der Waals surface area (Å²) in [6, 6.07) is 0. The quantitative estimate of drug-likeness (QED) is 0.806. The number of piperidine rings is 1. The standard InChI is InChI=1S/C16H25N3O3/c1-3-13(20)19-9-4-7-16(11-19,8-10-21-2)15-17-14(22-18-15)12-5-6-12/h12H,3-11H2,1-2H3. The van der Waals surface area contributed by atoms with Crippen LogP contribution >= 0.6 is 0 Å². The zero-order valence-corrected chi connectivity index (χ0v) is 13.5. The van der Waals surface area contributed by atoms with Gasteiger partial charge in [-0.2, -0.15) is 4.98 Å². The maximum absolute atomic E-state index is 12.1. The van der Waals surface area contributed by atoms with Crippen LogP contribution < -0.4 is 0 Å². The van der Waals surface area contributed by atoms with Gasteiger partial charge in [-0.15, -0.1) is 0 Å². The van der Waals surface area contributed by atoms with E-state index in [1.54, 1.807) is 7.11 Å². The maximum atomic E-state index is 12.1. The molecule has 2 fully saturated rings. The Balaban J connectivity index is 1.84. The Hall–Kier alpha value is -1.43. The normalized spacial score (nSPS) is 25.5. The number of rotatable bonds is 6. The lowest BCUT2D eigenvalue weighted by Crippen LogP contribution is -2.49. The zero-order chi connectivity index (χ0) is 15.6. The van der Waals surface area contributed by atoms with Gasteiger partial charge in [0.1, 0.15) is 0 Å². The predicted octanol–water partition coefficient (Wildman–Crippen LogP) is 2.25. The second-order valence-electron chi connectivity index (χ2n) is 6.53. The number of nitrogens with zero attached hydrogens (tertiary/aromatic N) is 3. The summed E-state index contributed by atoms with van der Waals surface area (Å²) in [5.41, 5.74) is -0.226. The first-order valence-electron chi connectivity index (χ1n) is 8.29. The molecule has 2 heterocycles. The molecule has 1 aromatic heterocycles. The molecule has 0 N–H and O–H groups in total. The van der Waals surface area contributed by atoms with Crippen LogP contribution in [0.15, 0.2) is 4.52 Å². The van der Waals surface area contributed by atoms with Gasteiger partial charge in [-0.25, -0.2) is 0 Å². The third-order valence-corrected chi connectivity index (χ3v) is 4.86. The molecule has 1 saturated carbocycles. The number of methoxy groups -OCH3 is 1. The SMILES string of the molecule is CCC(=O)N1CCCC(CCOC)(c2noc(C3CC3)n2)C1. The van der Waals surface area contributed by atoms with Crippen molar-refractivity contribution in [2.75, 3.05) is 26.8 Å². The molecule has 0 bridgehead atoms. The fourth-order valence-corrected chi connectivity index (χ4v) is 3.31. The Kier molecular flexibility index (Phi) is 4.47. The molecule has 1 atom stereocenters. The van der Waals surface area contributed by atoms with Crippen molar-refractivity contribution in [2.45, 2.75) is 56.8 Å². The summed E-state index contributed by atoms with van der Waals surface area (Å²) >= 11 is 0. The first-order chi connectivity index (χ1) is 10.7. The lowest BCUT2D eigenvalue weighted by atomic mass is 9.76. The molecule has 22 heavy (non-hydrogen) atoms. The van der Waals surface area contributed by atoms with E-state index in [0.717, 1.165) is 50.4 Å². The molecule has 1 aliphatic carbocycles. The minimum atomic E-state index is -0.226. The van der Waals surface area contributed by atoms with Crippen molar-refractivity contribution >= 4 is 5.91 Å². The monoisotopic (exact) mass is 307 g/mol. The fraction of sp³-hybridized carbons (Fsp3) is 0.812. The van der Waals surface area contributed by atoms with Gasteiger partial charge in [0.15, 0.2) is 5.82 Å². The Morgan fingerprint density at radius 2 is 2.32 bits per heavy atom. The summed E-state index contributed by atoms with van der Waals surface area (Å²) in [4.78, 5) is 18.7. The largest absolute Gasteiger partial charge is 0.385 e. The first kappa shape index (κ1) is 15.5. The minimum absolute atomic E-state index is 0.201. The summed E-state index contributed by atoms with van der Waals surface area (Å²) < 4.78 is 10.8. The average Bonchev–Trinajstić information content (AvgIpc) is 3.29. The number of carbonyl (C=O) groups excluding carboxylic acids is 1. The summed E-state index contributed by atoms with van der Waals surface area (Å²) in [7, 11) is 1.71. The summed E-state index contributed by atoms with van der Waals surface area (Å²) in [6.07, 6.45) is 5.61. The topological polar surface area (TPSA) is 68.5 Å². The van der Waals surface area contributed by atoms with Gasteiger partial charge in [-0.3, -0.25) is 4.79 Å². The smallest absolute Gasteiger partial charge is 0.229 e. The van der Waals surface area contributed by atoms with Crippen LogP contribution in [0.2, 0.25) is 0 Å². The van der Waals surface area contributed by atoms with E-state index in [9.17, 15) is 4.79 Å². The van der Waals surface area contributed by atoms with E-state index in [4.69, 9.17) is 9.26 Å². The molecule has 6 heteroatoms. The number of hydrogen-bond acceptors (Lipinski definition) is 5. The Morgan fingerprint density at radius 3 is 3.00 bits per heavy atom. The van der Waals surface area contributed by atoms with Crippen LogP contribution in [0, 0.1) is 0 Å². The molecule has 3 rings (SSSR count). The summed E-state index contributed by atoms with van der Waals surface area (Å²) in [5.74, 6) is 2.19. The molecule has 1 aromatic rings. The minimum Gasteiger partial charge on any atom is -0.385 e. The third-order valence-electron chi connectivity index (χ3n) is 4.86. The molecule has 1 aliphatic heterocycles. The molecule has 0 aromatic carbocycles. The lowest BCUT2D eigenvalue weighted by Gasteiger charge is -2.40. The highest BCUT2D eigenvalue weighted by molar-refractivity contribution is 5.76. The van der Waals surface area contributed by atoms with E-state index >= 15 is 0 Å². The van der Waals surface area contributed by atoms with Crippen molar-refractivity contribution in [3.8, 4) is 0 Å². The lowest BCUT2D eigenvalue weighted by molar-refractivity contribution is -0.133. The van der Waals surface area contributed by atoms with Gasteiger partial charge in [0.25, 0.3) is 0 Å². The summed E-state index contributed by atoms with van der Waals surface area (Å²) in [5, 5.41) is 4.27. The van der Waals surface area contributed by atoms with Crippen LogP contribution in [0.4, 0.5) is 0 Å².